The molecular formula is C20H20FN2OS+. The highest BCUT2D eigenvalue weighted by molar-refractivity contribution is 7.10. The summed E-state index contributed by atoms with van der Waals surface area (Å²) in [5.41, 5.74) is 1.34. The van der Waals surface area contributed by atoms with Gasteiger partial charge in [-0.25, -0.2) is 4.39 Å². The predicted molar refractivity (Wildman–Crippen MR) is 99.0 cm³/mol. The lowest BCUT2D eigenvalue weighted by Gasteiger charge is -2.19. The van der Waals surface area contributed by atoms with E-state index in [9.17, 15) is 9.18 Å². The van der Waals surface area contributed by atoms with Crippen molar-refractivity contribution >= 4 is 22.9 Å². The molecule has 2 aromatic carbocycles. The molecule has 128 valence electrons. The number of benzene rings is 2. The van der Waals surface area contributed by atoms with Crippen LogP contribution in [0, 0.1) is 5.82 Å². The van der Waals surface area contributed by atoms with Crippen LogP contribution in [-0.4, -0.2) is 11.9 Å². The van der Waals surface area contributed by atoms with Crippen LogP contribution in [0.3, 0.4) is 0 Å². The summed E-state index contributed by atoms with van der Waals surface area (Å²) in [5.74, 6) is -0.650. The summed E-state index contributed by atoms with van der Waals surface area (Å²) in [7, 11) is 0. The predicted octanol–water partition coefficient (Wildman–Crippen LogP) is 3.57. The van der Waals surface area contributed by atoms with E-state index < -0.39 is 5.82 Å². The first-order chi connectivity index (χ1) is 12.1. The maximum atomic E-state index is 13.7. The number of hydrogen-bond donors (Lipinski definition) is 2. The topological polar surface area (TPSA) is 45.7 Å². The lowest BCUT2D eigenvalue weighted by atomic mass is 10.0. The van der Waals surface area contributed by atoms with Gasteiger partial charge < -0.3 is 10.6 Å². The van der Waals surface area contributed by atoms with Crippen LogP contribution in [0.15, 0.2) is 72.1 Å². The molecule has 1 heterocycles. The van der Waals surface area contributed by atoms with Crippen molar-refractivity contribution in [1.82, 2.24) is 0 Å². The second-order valence-electron chi connectivity index (χ2n) is 5.85. The van der Waals surface area contributed by atoms with Gasteiger partial charge in [-0.05, 0) is 30.5 Å². The average Bonchev–Trinajstić information content (AvgIpc) is 3.16. The molecule has 0 radical (unpaired) electrons. The zero-order valence-corrected chi connectivity index (χ0v) is 14.7. The summed E-state index contributed by atoms with van der Waals surface area (Å²) in [6.45, 7) is 1.83. The highest BCUT2D eigenvalue weighted by atomic mass is 32.1. The third kappa shape index (κ3) is 4.32. The monoisotopic (exact) mass is 355 g/mol. The van der Waals surface area contributed by atoms with Crippen LogP contribution in [0.5, 0.6) is 0 Å². The molecule has 2 atom stereocenters. The van der Waals surface area contributed by atoms with Gasteiger partial charge in [0.2, 0.25) is 0 Å². The Morgan fingerprint density at radius 2 is 1.76 bits per heavy atom. The van der Waals surface area contributed by atoms with Crippen molar-refractivity contribution in [3.63, 3.8) is 0 Å². The van der Waals surface area contributed by atoms with E-state index in [1.54, 1.807) is 29.5 Å². The first-order valence-corrected chi connectivity index (χ1v) is 9.02. The van der Waals surface area contributed by atoms with Crippen molar-refractivity contribution in [2.75, 3.05) is 5.32 Å². The molecule has 0 saturated carbocycles. The highest BCUT2D eigenvalue weighted by Crippen LogP contribution is 2.22. The number of hydrogen-bond acceptors (Lipinski definition) is 2. The number of para-hydroxylation sites is 1. The van der Waals surface area contributed by atoms with Gasteiger partial charge in [0.05, 0.1) is 10.6 Å². The second kappa shape index (κ2) is 8.05. The fourth-order valence-electron chi connectivity index (χ4n) is 2.68. The quantitative estimate of drug-likeness (QED) is 0.698. The van der Waals surface area contributed by atoms with E-state index in [1.807, 2.05) is 41.9 Å². The summed E-state index contributed by atoms with van der Waals surface area (Å²) >= 11 is 1.66. The van der Waals surface area contributed by atoms with E-state index in [2.05, 4.69) is 23.5 Å². The van der Waals surface area contributed by atoms with Gasteiger partial charge in [0.1, 0.15) is 11.9 Å². The van der Waals surface area contributed by atoms with Gasteiger partial charge in [0.25, 0.3) is 5.91 Å². The normalized spacial score (nSPS) is 13.2. The molecule has 0 aliphatic rings. The van der Waals surface area contributed by atoms with Crippen LogP contribution in [0.2, 0.25) is 0 Å². The first kappa shape index (κ1) is 17.3. The minimum Gasteiger partial charge on any atom is -0.326 e. The van der Waals surface area contributed by atoms with Crippen LogP contribution in [-0.2, 0) is 4.79 Å². The van der Waals surface area contributed by atoms with Crippen LogP contribution in [0.4, 0.5) is 10.1 Å². The fourth-order valence-corrected chi connectivity index (χ4v) is 3.52. The molecule has 5 heteroatoms. The van der Waals surface area contributed by atoms with Gasteiger partial charge in [0, 0.05) is 5.56 Å². The molecule has 1 amide bonds. The van der Waals surface area contributed by atoms with E-state index in [4.69, 9.17) is 0 Å². The van der Waals surface area contributed by atoms with Crippen molar-refractivity contribution < 1.29 is 14.5 Å². The molecule has 0 aliphatic carbocycles. The Balaban J connectivity index is 1.75. The number of quaternary nitrogens is 1. The number of rotatable bonds is 6. The van der Waals surface area contributed by atoms with Crippen molar-refractivity contribution in [2.24, 2.45) is 0 Å². The zero-order valence-electron chi connectivity index (χ0n) is 13.9. The van der Waals surface area contributed by atoms with Crippen LogP contribution in [0.25, 0.3) is 0 Å². The second-order valence-corrected chi connectivity index (χ2v) is 6.83. The minimum atomic E-state index is -0.430. The van der Waals surface area contributed by atoms with E-state index >= 15 is 0 Å². The summed E-state index contributed by atoms with van der Waals surface area (Å²) in [4.78, 5) is 13.7. The fraction of sp³-hybridized carbons (Fsp3) is 0.150. The number of nitrogens with two attached hydrogens (primary N) is 1. The Kier molecular flexibility index (Phi) is 5.58. The van der Waals surface area contributed by atoms with Crippen molar-refractivity contribution in [3.8, 4) is 0 Å². The largest absolute Gasteiger partial charge is 0.326 e. The molecule has 3 N–H and O–H groups in total. The third-order valence-electron chi connectivity index (χ3n) is 4.03. The number of amides is 1. The molecule has 1 aromatic heterocycles. The number of halogens is 1. The summed E-state index contributed by atoms with van der Waals surface area (Å²) in [6, 6.07) is 20.0. The third-order valence-corrected chi connectivity index (χ3v) is 4.99. The smallest absolute Gasteiger partial charge is 0.282 e. The van der Waals surface area contributed by atoms with Gasteiger partial charge in [-0.3, -0.25) is 4.79 Å². The maximum absolute atomic E-state index is 13.7. The summed E-state index contributed by atoms with van der Waals surface area (Å²) in [6.07, 6.45) is 0. The van der Waals surface area contributed by atoms with Crippen LogP contribution in [0.1, 0.15) is 23.4 Å². The zero-order chi connectivity index (χ0) is 17.6. The Morgan fingerprint density at radius 1 is 1.04 bits per heavy atom. The molecule has 0 bridgehead atoms. The van der Waals surface area contributed by atoms with E-state index in [0.717, 1.165) is 5.56 Å². The molecule has 3 nitrogen and oxygen atoms in total. The number of anilines is 1. The standard InChI is InChI=1S/C20H19FN2OS/c1-14(20(24)23-17-11-6-5-10-16(17)21)22-19(18-12-7-13-25-18)15-8-3-2-4-9-15/h2-14,19,22H,1H3,(H,23,24)/p+1/t14-,19-/m0/s1. The molecule has 3 aromatic rings. The van der Waals surface area contributed by atoms with E-state index in [1.165, 1.54) is 10.9 Å². The molecule has 0 unspecified atom stereocenters. The maximum Gasteiger partial charge on any atom is 0.282 e. The molecule has 0 fully saturated rings. The minimum absolute atomic E-state index is 0.0302. The van der Waals surface area contributed by atoms with Gasteiger partial charge >= 0.3 is 0 Å². The number of carbonyl (C=O) groups is 1. The number of carbonyl (C=O) groups excluding carboxylic acids is 1. The van der Waals surface area contributed by atoms with Gasteiger partial charge in [-0.1, -0.05) is 48.5 Å². The molecule has 25 heavy (non-hydrogen) atoms. The van der Waals surface area contributed by atoms with Crippen molar-refractivity contribution in [2.45, 2.75) is 19.0 Å². The molecular weight excluding hydrogens is 335 g/mol. The van der Waals surface area contributed by atoms with Gasteiger partial charge in [-0.2, -0.15) is 0 Å². The average molecular weight is 355 g/mol. The van der Waals surface area contributed by atoms with E-state index in [0.29, 0.717) is 0 Å². The number of nitrogens with one attached hydrogen (secondary N) is 1. The van der Waals surface area contributed by atoms with Gasteiger partial charge in [-0.15, -0.1) is 11.3 Å². The summed E-state index contributed by atoms with van der Waals surface area (Å²) < 4.78 is 13.7. The molecule has 3 rings (SSSR count). The Bertz CT molecular complexity index is 821. The summed E-state index contributed by atoms with van der Waals surface area (Å²) in [5, 5.41) is 6.71. The Morgan fingerprint density at radius 3 is 2.44 bits per heavy atom. The lowest BCUT2D eigenvalue weighted by Crippen LogP contribution is -2.92. The van der Waals surface area contributed by atoms with Crippen molar-refractivity contribution in [3.05, 3.63) is 88.4 Å². The molecule has 0 spiro atoms. The SMILES string of the molecule is C[C@H]([NH2+][C@@H](c1ccccc1)c1cccs1)C(=O)Nc1ccccc1F. The molecule has 0 saturated heterocycles. The Hall–Kier alpha value is -2.50. The molecule has 0 aliphatic heterocycles. The van der Waals surface area contributed by atoms with E-state index in [-0.39, 0.29) is 23.7 Å². The van der Waals surface area contributed by atoms with Gasteiger partial charge in [0.15, 0.2) is 6.04 Å². The Labute approximate surface area is 150 Å². The van der Waals surface area contributed by atoms with Crippen LogP contribution < -0.4 is 10.6 Å². The number of thiophene rings is 1. The lowest BCUT2D eigenvalue weighted by molar-refractivity contribution is -0.703. The highest BCUT2D eigenvalue weighted by Gasteiger charge is 2.25. The van der Waals surface area contributed by atoms with Crippen LogP contribution >= 0.6 is 11.3 Å². The van der Waals surface area contributed by atoms with Crippen molar-refractivity contribution in [1.29, 1.82) is 0 Å². The first-order valence-electron chi connectivity index (χ1n) is 8.14.